The molecule has 1 rings (SSSR count). The van der Waals surface area contributed by atoms with Crippen LogP contribution in [0.1, 0.15) is 12.5 Å². The third kappa shape index (κ3) is 1.82. The average Bonchev–Trinajstić information content (AvgIpc) is 1.94. The molecule has 10 heavy (non-hydrogen) atoms. The van der Waals surface area contributed by atoms with Crippen LogP contribution in [0.2, 0.25) is 0 Å². The topological polar surface area (TPSA) is 0 Å². The predicted octanol–water partition coefficient (Wildman–Crippen LogP) is 2.32. The second-order valence-corrected chi connectivity index (χ2v) is 3.94. The molecule has 1 unspecified atom stereocenters. The minimum absolute atomic E-state index is 0.986. The summed E-state index contributed by atoms with van der Waals surface area (Å²) in [6, 6.07) is 8.61. The summed E-state index contributed by atoms with van der Waals surface area (Å²) in [5, 5.41) is 1.52. The first-order chi connectivity index (χ1) is 4.84. The average molecular weight is 152 g/mol. The van der Waals surface area contributed by atoms with E-state index >= 15 is 0 Å². The van der Waals surface area contributed by atoms with Crippen molar-refractivity contribution in [2.75, 3.05) is 6.16 Å². The molecule has 0 amide bonds. The summed E-state index contributed by atoms with van der Waals surface area (Å²) in [7, 11) is 0.986. The summed E-state index contributed by atoms with van der Waals surface area (Å²) in [4.78, 5) is 0. The van der Waals surface area contributed by atoms with Crippen LogP contribution in [0.5, 0.6) is 0 Å². The van der Waals surface area contributed by atoms with Gasteiger partial charge in [-0.1, -0.05) is 39.8 Å². The van der Waals surface area contributed by atoms with Gasteiger partial charge in [-0.2, -0.15) is 0 Å². The van der Waals surface area contributed by atoms with Crippen LogP contribution in [-0.4, -0.2) is 6.16 Å². The van der Waals surface area contributed by atoms with Crippen molar-refractivity contribution < 1.29 is 0 Å². The third-order valence-corrected chi connectivity index (χ3v) is 2.81. The molecule has 1 atom stereocenters. The van der Waals surface area contributed by atoms with Crippen molar-refractivity contribution in [2.45, 2.75) is 13.8 Å². The summed E-state index contributed by atoms with van der Waals surface area (Å²) in [5.41, 5.74) is 1.43. The molecule has 0 aromatic heterocycles. The summed E-state index contributed by atoms with van der Waals surface area (Å²) in [6.07, 6.45) is 1.27. The van der Waals surface area contributed by atoms with Gasteiger partial charge < -0.3 is 0 Å². The van der Waals surface area contributed by atoms with Gasteiger partial charge in [0.2, 0.25) is 0 Å². The van der Waals surface area contributed by atoms with Gasteiger partial charge in [-0.3, -0.25) is 0 Å². The normalized spacial score (nSPS) is 11.0. The van der Waals surface area contributed by atoms with E-state index in [1.807, 2.05) is 0 Å². The highest BCUT2D eigenvalue weighted by Gasteiger charge is 1.92. The van der Waals surface area contributed by atoms with Crippen LogP contribution >= 0.6 is 8.58 Å². The minimum atomic E-state index is 0.986. The standard InChI is InChI=1S/C9H13P/c1-3-10-9-7-5-4-6-8(9)2/h4-7,10H,3H2,1-2H3. The van der Waals surface area contributed by atoms with Crippen LogP contribution in [0.4, 0.5) is 0 Å². The van der Waals surface area contributed by atoms with Gasteiger partial charge >= 0.3 is 0 Å². The SMILES string of the molecule is CCPc1ccccc1C. The maximum Gasteiger partial charge on any atom is -0.0242 e. The van der Waals surface area contributed by atoms with Gasteiger partial charge in [0, 0.05) is 0 Å². The fourth-order valence-corrected chi connectivity index (χ4v) is 1.92. The predicted molar refractivity (Wildman–Crippen MR) is 49.7 cm³/mol. The molecule has 0 N–H and O–H groups in total. The van der Waals surface area contributed by atoms with Crippen LogP contribution < -0.4 is 5.30 Å². The van der Waals surface area contributed by atoms with E-state index in [0.717, 1.165) is 8.58 Å². The Hall–Kier alpha value is -0.350. The Morgan fingerprint density at radius 2 is 2.00 bits per heavy atom. The van der Waals surface area contributed by atoms with Gasteiger partial charge in [-0.15, -0.1) is 0 Å². The van der Waals surface area contributed by atoms with Crippen molar-refractivity contribution >= 4 is 13.9 Å². The molecule has 0 saturated heterocycles. The summed E-state index contributed by atoms with van der Waals surface area (Å²) >= 11 is 0. The molecule has 0 heterocycles. The lowest BCUT2D eigenvalue weighted by atomic mass is 10.2. The summed E-state index contributed by atoms with van der Waals surface area (Å²) in [5.74, 6) is 0. The molecule has 0 spiro atoms. The molecule has 0 nitrogen and oxygen atoms in total. The molecular weight excluding hydrogens is 139 g/mol. The molecule has 0 radical (unpaired) electrons. The third-order valence-electron chi connectivity index (χ3n) is 1.51. The van der Waals surface area contributed by atoms with E-state index in [0.29, 0.717) is 0 Å². The van der Waals surface area contributed by atoms with Crippen LogP contribution in [0.25, 0.3) is 0 Å². The molecule has 0 aliphatic rings. The van der Waals surface area contributed by atoms with Gasteiger partial charge in [0.05, 0.1) is 0 Å². The van der Waals surface area contributed by atoms with Gasteiger partial charge in [0.25, 0.3) is 0 Å². The molecule has 0 aliphatic heterocycles. The van der Waals surface area contributed by atoms with Crippen molar-refractivity contribution in [3.05, 3.63) is 29.8 Å². The fourth-order valence-electron chi connectivity index (χ4n) is 0.962. The van der Waals surface area contributed by atoms with Crippen LogP contribution in [0.3, 0.4) is 0 Å². The van der Waals surface area contributed by atoms with Gasteiger partial charge in [0.15, 0.2) is 0 Å². The number of aryl methyl sites for hydroxylation is 1. The molecule has 0 bridgehead atoms. The van der Waals surface area contributed by atoms with Crippen LogP contribution in [0, 0.1) is 6.92 Å². The number of hydrogen-bond acceptors (Lipinski definition) is 0. The molecule has 1 heteroatoms. The first-order valence-corrected chi connectivity index (χ1v) is 4.85. The van der Waals surface area contributed by atoms with E-state index in [4.69, 9.17) is 0 Å². The highest BCUT2D eigenvalue weighted by Crippen LogP contribution is 2.11. The Kier molecular flexibility index (Phi) is 2.89. The Balaban J connectivity index is 2.81. The Bertz CT molecular complexity index is 206. The van der Waals surface area contributed by atoms with Crippen molar-refractivity contribution in [3.8, 4) is 0 Å². The van der Waals surface area contributed by atoms with Crippen molar-refractivity contribution in [2.24, 2.45) is 0 Å². The lowest BCUT2D eigenvalue weighted by Crippen LogP contribution is -1.98. The first kappa shape index (κ1) is 7.75. The summed E-state index contributed by atoms with van der Waals surface area (Å²) < 4.78 is 0. The molecule has 0 fully saturated rings. The van der Waals surface area contributed by atoms with E-state index in [2.05, 4.69) is 38.1 Å². The number of hydrogen-bond donors (Lipinski definition) is 0. The zero-order chi connectivity index (χ0) is 7.40. The van der Waals surface area contributed by atoms with E-state index < -0.39 is 0 Å². The van der Waals surface area contributed by atoms with E-state index in [1.54, 1.807) is 0 Å². The highest BCUT2D eigenvalue weighted by molar-refractivity contribution is 7.47. The van der Waals surface area contributed by atoms with Gasteiger partial charge in [-0.05, 0) is 24.0 Å². The second kappa shape index (κ2) is 3.73. The molecule has 0 aliphatic carbocycles. The fraction of sp³-hybridized carbons (Fsp3) is 0.333. The zero-order valence-electron chi connectivity index (χ0n) is 6.52. The minimum Gasteiger partial charge on any atom is -0.0904 e. The van der Waals surface area contributed by atoms with E-state index in [9.17, 15) is 0 Å². The van der Waals surface area contributed by atoms with Crippen molar-refractivity contribution in [1.82, 2.24) is 0 Å². The molecule has 0 saturated carbocycles. The summed E-state index contributed by atoms with van der Waals surface area (Å²) in [6.45, 7) is 4.41. The number of benzene rings is 1. The largest absolute Gasteiger partial charge is 0.0904 e. The van der Waals surface area contributed by atoms with Gasteiger partial charge in [0.1, 0.15) is 0 Å². The van der Waals surface area contributed by atoms with Crippen molar-refractivity contribution in [1.29, 1.82) is 0 Å². The molecular formula is C9H13P. The maximum absolute atomic E-state index is 2.23. The Morgan fingerprint density at radius 1 is 1.30 bits per heavy atom. The monoisotopic (exact) mass is 152 g/mol. The van der Waals surface area contributed by atoms with E-state index in [-0.39, 0.29) is 0 Å². The van der Waals surface area contributed by atoms with Crippen molar-refractivity contribution in [3.63, 3.8) is 0 Å². The smallest absolute Gasteiger partial charge is 0.0242 e. The number of rotatable bonds is 2. The lowest BCUT2D eigenvalue weighted by Gasteiger charge is -2.01. The van der Waals surface area contributed by atoms with E-state index in [1.165, 1.54) is 17.0 Å². The zero-order valence-corrected chi connectivity index (χ0v) is 7.52. The Morgan fingerprint density at radius 3 is 2.60 bits per heavy atom. The van der Waals surface area contributed by atoms with Crippen LogP contribution in [-0.2, 0) is 0 Å². The highest BCUT2D eigenvalue weighted by atomic mass is 31.1. The van der Waals surface area contributed by atoms with Crippen LogP contribution in [0.15, 0.2) is 24.3 Å². The Labute approximate surface area is 64.4 Å². The maximum atomic E-state index is 2.23. The van der Waals surface area contributed by atoms with Gasteiger partial charge in [-0.25, -0.2) is 0 Å². The molecule has 1 aromatic rings. The molecule has 54 valence electrons. The quantitative estimate of drug-likeness (QED) is 0.570. The molecule has 1 aromatic carbocycles. The lowest BCUT2D eigenvalue weighted by molar-refractivity contribution is 1.49. The first-order valence-electron chi connectivity index (χ1n) is 3.64. The second-order valence-electron chi connectivity index (χ2n) is 2.35.